The van der Waals surface area contributed by atoms with E-state index in [4.69, 9.17) is 4.55 Å². The monoisotopic (exact) mass is 291 g/mol. The number of hydrogen-bond acceptors (Lipinski definition) is 3. The molecular formula is C15H17NO3S. The van der Waals surface area contributed by atoms with Gasteiger partial charge < -0.3 is 5.32 Å². The Labute approximate surface area is 119 Å². The summed E-state index contributed by atoms with van der Waals surface area (Å²) in [5.41, 5.74) is 2.61. The molecule has 0 spiro atoms. The van der Waals surface area contributed by atoms with Gasteiger partial charge in [0.15, 0.2) is 0 Å². The van der Waals surface area contributed by atoms with Gasteiger partial charge in [-0.1, -0.05) is 30.3 Å². The Kier molecular flexibility index (Phi) is 4.42. The molecule has 0 atom stereocenters. The first-order chi connectivity index (χ1) is 9.47. The van der Waals surface area contributed by atoms with Gasteiger partial charge in [-0.05, 0) is 42.7 Å². The molecule has 0 aromatic heterocycles. The molecule has 0 bridgehead atoms. The van der Waals surface area contributed by atoms with Crippen LogP contribution in [0.15, 0.2) is 53.4 Å². The van der Waals surface area contributed by atoms with E-state index in [0.29, 0.717) is 5.56 Å². The number of aryl methyl sites for hydroxylation is 1. The topological polar surface area (TPSA) is 66.4 Å². The highest BCUT2D eigenvalue weighted by molar-refractivity contribution is 7.85. The molecule has 0 radical (unpaired) electrons. The minimum atomic E-state index is -4.14. The lowest BCUT2D eigenvalue weighted by Crippen LogP contribution is -2.06. The summed E-state index contributed by atoms with van der Waals surface area (Å²) in [6.45, 7) is 2.42. The molecule has 4 nitrogen and oxygen atoms in total. The SMILES string of the molecule is Cc1cc(NCCc2ccccc2)ccc1S(=O)(=O)O. The summed E-state index contributed by atoms with van der Waals surface area (Å²) in [6.07, 6.45) is 0.889. The van der Waals surface area contributed by atoms with Gasteiger partial charge in [0.25, 0.3) is 10.1 Å². The van der Waals surface area contributed by atoms with Crippen LogP contribution in [0.25, 0.3) is 0 Å². The van der Waals surface area contributed by atoms with Crippen molar-refractivity contribution in [1.82, 2.24) is 0 Å². The van der Waals surface area contributed by atoms with Crippen molar-refractivity contribution in [2.24, 2.45) is 0 Å². The van der Waals surface area contributed by atoms with Crippen molar-refractivity contribution in [3.05, 3.63) is 59.7 Å². The van der Waals surface area contributed by atoms with Crippen molar-refractivity contribution in [1.29, 1.82) is 0 Å². The van der Waals surface area contributed by atoms with Crippen LogP contribution < -0.4 is 5.32 Å². The van der Waals surface area contributed by atoms with Crippen LogP contribution in [-0.4, -0.2) is 19.5 Å². The Hall–Kier alpha value is -1.85. The summed E-state index contributed by atoms with van der Waals surface area (Å²) in [7, 11) is -4.14. The Morgan fingerprint density at radius 1 is 1.10 bits per heavy atom. The second-order valence-corrected chi connectivity index (χ2v) is 6.01. The van der Waals surface area contributed by atoms with E-state index in [2.05, 4.69) is 17.4 Å². The average molecular weight is 291 g/mol. The summed E-state index contributed by atoms with van der Waals surface area (Å²) in [5, 5.41) is 3.24. The summed E-state index contributed by atoms with van der Waals surface area (Å²) < 4.78 is 31.2. The molecule has 0 fully saturated rings. The molecule has 2 rings (SSSR count). The fourth-order valence-corrected chi connectivity index (χ4v) is 2.75. The Balaban J connectivity index is 1.99. The van der Waals surface area contributed by atoms with Gasteiger partial charge in [-0.3, -0.25) is 4.55 Å². The van der Waals surface area contributed by atoms with Gasteiger partial charge in [0.1, 0.15) is 0 Å². The van der Waals surface area contributed by atoms with Crippen molar-refractivity contribution < 1.29 is 13.0 Å². The van der Waals surface area contributed by atoms with Crippen LogP contribution >= 0.6 is 0 Å². The lowest BCUT2D eigenvalue weighted by Gasteiger charge is -2.09. The molecule has 106 valence electrons. The zero-order valence-electron chi connectivity index (χ0n) is 11.2. The van der Waals surface area contributed by atoms with Crippen LogP contribution in [0.4, 0.5) is 5.69 Å². The predicted molar refractivity (Wildman–Crippen MR) is 79.6 cm³/mol. The van der Waals surface area contributed by atoms with Gasteiger partial charge in [0, 0.05) is 12.2 Å². The molecule has 0 saturated carbocycles. The van der Waals surface area contributed by atoms with E-state index < -0.39 is 10.1 Å². The molecule has 0 saturated heterocycles. The molecule has 0 aliphatic rings. The molecule has 0 aliphatic carbocycles. The quantitative estimate of drug-likeness (QED) is 0.831. The lowest BCUT2D eigenvalue weighted by atomic mass is 10.1. The first kappa shape index (κ1) is 14.6. The first-order valence-corrected chi connectivity index (χ1v) is 7.77. The fraction of sp³-hybridized carbons (Fsp3) is 0.200. The highest BCUT2D eigenvalue weighted by Crippen LogP contribution is 2.19. The van der Waals surface area contributed by atoms with E-state index in [1.165, 1.54) is 11.6 Å². The Morgan fingerprint density at radius 3 is 2.40 bits per heavy atom. The van der Waals surface area contributed by atoms with Crippen molar-refractivity contribution in [3.63, 3.8) is 0 Å². The van der Waals surface area contributed by atoms with Crippen LogP contribution in [0, 0.1) is 6.92 Å². The molecular weight excluding hydrogens is 274 g/mol. The molecule has 2 aromatic rings. The highest BCUT2D eigenvalue weighted by Gasteiger charge is 2.12. The van der Waals surface area contributed by atoms with E-state index in [9.17, 15) is 8.42 Å². The molecule has 0 heterocycles. The number of benzene rings is 2. The minimum Gasteiger partial charge on any atom is -0.385 e. The lowest BCUT2D eigenvalue weighted by molar-refractivity contribution is 0.482. The number of hydrogen-bond donors (Lipinski definition) is 2. The third kappa shape index (κ3) is 3.82. The summed E-state index contributed by atoms with van der Waals surface area (Å²) in [6, 6.07) is 14.9. The second kappa shape index (κ2) is 6.07. The number of anilines is 1. The standard InChI is InChI=1S/C15H17NO3S/c1-12-11-14(7-8-15(12)20(17,18)19)16-10-9-13-5-3-2-4-6-13/h2-8,11,16H,9-10H2,1H3,(H,17,18,19). The molecule has 0 unspecified atom stereocenters. The summed E-state index contributed by atoms with van der Waals surface area (Å²) in [5.74, 6) is 0. The Bertz CT molecular complexity index is 682. The molecule has 5 heteroatoms. The maximum absolute atomic E-state index is 11.1. The van der Waals surface area contributed by atoms with E-state index in [-0.39, 0.29) is 4.90 Å². The molecule has 0 amide bonds. The van der Waals surface area contributed by atoms with Gasteiger partial charge in [-0.25, -0.2) is 0 Å². The van der Waals surface area contributed by atoms with Gasteiger partial charge in [0.05, 0.1) is 4.90 Å². The van der Waals surface area contributed by atoms with Crippen LogP contribution in [0.5, 0.6) is 0 Å². The summed E-state index contributed by atoms with van der Waals surface area (Å²) >= 11 is 0. The fourth-order valence-electron chi connectivity index (χ4n) is 2.04. The number of nitrogens with one attached hydrogen (secondary N) is 1. The van der Waals surface area contributed by atoms with Crippen molar-refractivity contribution in [3.8, 4) is 0 Å². The normalized spacial score (nSPS) is 11.3. The van der Waals surface area contributed by atoms with Crippen LogP contribution in [-0.2, 0) is 16.5 Å². The summed E-state index contributed by atoms with van der Waals surface area (Å²) in [4.78, 5) is -0.0499. The van der Waals surface area contributed by atoms with Crippen LogP contribution in [0.2, 0.25) is 0 Å². The highest BCUT2D eigenvalue weighted by atomic mass is 32.2. The van der Waals surface area contributed by atoms with Crippen LogP contribution in [0.3, 0.4) is 0 Å². The van der Waals surface area contributed by atoms with Crippen molar-refractivity contribution >= 4 is 15.8 Å². The maximum atomic E-state index is 11.1. The smallest absolute Gasteiger partial charge is 0.294 e. The molecule has 20 heavy (non-hydrogen) atoms. The second-order valence-electron chi connectivity index (χ2n) is 4.62. The molecule has 2 N–H and O–H groups in total. The number of rotatable bonds is 5. The van der Waals surface area contributed by atoms with Gasteiger partial charge >= 0.3 is 0 Å². The molecule has 0 aliphatic heterocycles. The van der Waals surface area contributed by atoms with E-state index in [1.807, 2.05) is 18.2 Å². The van der Waals surface area contributed by atoms with E-state index in [1.54, 1.807) is 19.1 Å². The first-order valence-electron chi connectivity index (χ1n) is 6.33. The Morgan fingerprint density at radius 2 is 1.80 bits per heavy atom. The predicted octanol–water partition coefficient (Wildman–Crippen LogP) is 2.90. The average Bonchev–Trinajstić information content (AvgIpc) is 2.38. The van der Waals surface area contributed by atoms with E-state index in [0.717, 1.165) is 18.7 Å². The van der Waals surface area contributed by atoms with Gasteiger partial charge in [-0.2, -0.15) is 8.42 Å². The van der Waals surface area contributed by atoms with Gasteiger partial charge in [0.2, 0.25) is 0 Å². The third-order valence-electron chi connectivity index (χ3n) is 3.04. The maximum Gasteiger partial charge on any atom is 0.294 e. The zero-order chi connectivity index (χ0) is 14.6. The minimum absolute atomic E-state index is 0.0499. The van der Waals surface area contributed by atoms with Crippen molar-refractivity contribution in [2.75, 3.05) is 11.9 Å². The van der Waals surface area contributed by atoms with Crippen LogP contribution in [0.1, 0.15) is 11.1 Å². The molecule has 2 aromatic carbocycles. The largest absolute Gasteiger partial charge is 0.385 e. The zero-order valence-corrected chi connectivity index (χ0v) is 12.0. The van der Waals surface area contributed by atoms with E-state index >= 15 is 0 Å². The van der Waals surface area contributed by atoms with Gasteiger partial charge in [-0.15, -0.1) is 0 Å². The van der Waals surface area contributed by atoms with Crippen molar-refractivity contribution in [2.45, 2.75) is 18.2 Å². The third-order valence-corrected chi connectivity index (χ3v) is 4.05.